The summed E-state index contributed by atoms with van der Waals surface area (Å²) in [5.74, 6) is -0.217. The minimum atomic E-state index is -0.166. The molecule has 2 aromatic rings. The maximum Gasteiger partial charge on any atom is 0.253 e. The highest BCUT2D eigenvalue weighted by molar-refractivity contribution is 5.97. The number of carbonyl (C=O) groups excluding carboxylic acids is 3. The van der Waals surface area contributed by atoms with Crippen LogP contribution in [0.5, 0.6) is 0 Å². The van der Waals surface area contributed by atoms with Gasteiger partial charge in [-0.3, -0.25) is 19.3 Å². The number of ketones is 1. The number of carbonyl (C=O) groups is 3. The smallest absolute Gasteiger partial charge is 0.253 e. The molecule has 0 aliphatic carbocycles. The quantitative estimate of drug-likeness (QED) is 0.710. The van der Waals surface area contributed by atoms with E-state index in [9.17, 15) is 14.4 Å². The fourth-order valence-corrected chi connectivity index (χ4v) is 3.38. The number of nitrogens with zero attached hydrogens (tertiary/aromatic N) is 2. The number of amides is 2. The van der Waals surface area contributed by atoms with Gasteiger partial charge in [-0.15, -0.1) is 0 Å². The van der Waals surface area contributed by atoms with Crippen molar-refractivity contribution in [1.29, 1.82) is 0 Å². The van der Waals surface area contributed by atoms with E-state index in [2.05, 4.69) is 5.32 Å². The van der Waals surface area contributed by atoms with Crippen LogP contribution >= 0.6 is 0 Å². The van der Waals surface area contributed by atoms with Crippen molar-refractivity contribution in [2.75, 3.05) is 45.7 Å². The van der Waals surface area contributed by atoms with Crippen molar-refractivity contribution < 1.29 is 19.1 Å². The number of hydrogen-bond acceptors (Lipinski definition) is 5. The lowest BCUT2D eigenvalue weighted by Gasteiger charge is -2.34. The predicted molar refractivity (Wildman–Crippen MR) is 115 cm³/mol. The van der Waals surface area contributed by atoms with Crippen molar-refractivity contribution in [2.24, 2.45) is 0 Å². The Bertz CT molecular complexity index is 881. The summed E-state index contributed by atoms with van der Waals surface area (Å²) in [6.45, 7) is 1.72. The van der Waals surface area contributed by atoms with Crippen molar-refractivity contribution in [3.8, 4) is 0 Å². The number of anilines is 1. The van der Waals surface area contributed by atoms with Gasteiger partial charge in [-0.05, 0) is 24.3 Å². The molecule has 158 valence electrons. The summed E-state index contributed by atoms with van der Waals surface area (Å²) in [4.78, 5) is 40.6. The van der Waals surface area contributed by atoms with E-state index >= 15 is 0 Å². The van der Waals surface area contributed by atoms with E-state index in [1.807, 2.05) is 23.1 Å². The second-order valence-corrected chi connectivity index (χ2v) is 7.52. The van der Waals surface area contributed by atoms with Crippen LogP contribution in [0, 0.1) is 0 Å². The highest BCUT2D eigenvalue weighted by Crippen LogP contribution is 2.15. The van der Waals surface area contributed by atoms with Crippen LogP contribution in [-0.2, 0) is 9.53 Å². The van der Waals surface area contributed by atoms with Crippen molar-refractivity contribution in [1.82, 2.24) is 9.80 Å². The number of morpholine rings is 1. The third kappa shape index (κ3) is 5.75. The zero-order chi connectivity index (χ0) is 21.5. The monoisotopic (exact) mass is 409 g/mol. The molecule has 2 amide bonds. The minimum absolute atomic E-state index is 0.0395. The molecular formula is C23H27N3O4. The summed E-state index contributed by atoms with van der Waals surface area (Å²) in [5.41, 5.74) is 1.85. The zero-order valence-electron chi connectivity index (χ0n) is 17.3. The molecule has 1 heterocycles. The molecular weight excluding hydrogens is 382 g/mol. The number of hydrogen-bond donors (Lipinski definition) is 1. The summed E-state index contributed by atoms with van der Waals surface area (Å²) < 4.78 is 5.54. The van der Waals surface area contributed by atoms with Gasteiger partial charge in [0.1, 0.15) is 0 Å². The van der Waals surface area contributed by atoms with E-state index in [0.717, 1.165) is 0 Å². The molecule has 1 fully saturated rings. The number of benzene rings is 2. The van der Waals surface area contributed by atoms with Gasteiger partial charge in [-0.25, -0.2) is 0 Å². The number of rotatable bonds is 7. The van der Waals surface area contributed by atoms with Gasteiger partial charge in [-0.1, -0.05) is 30.3 Å². The van der Waals surface area contributed by atoms with E-state index in [4.69, 9.17) is 4.74 Å². The molecule has 1 atom stereocenters. The van der Waals surface area contributed by atoms with Crippen LogP contribution in [0.15, 0.2) is 54.6 Å². The van der Waals surface area contributed by atoms with Gasteiger partial charge in [0.15, 0.2) is 5.78 Å². The summed E-state index contributed by atoms with van der Waals surface area (Å²) in [6, 6.07) is 15.8. The first kappa shape index (κ1) is 21.7. The topological polar surface area (TPSA) is 79.0 Å². The summed E-state index contributed by atoms with van der Waals surface area (Å²) in [6.07, 6.45) is 0.304. The Balaban J connectivity index is 1.57. The van der Waals surface area contributed by atoms with Crippen molar-refractivity contribution >= 4 is 23.3 Å². The maximum absolute atomic E-state index is 12.6. The van der Waals surface area contributed by atoms with Crippen LogP contribution in [0.4, 0.5) is 5.69 Å². The van der Waals surface area contributed by atoms with Crippen molar-refractivity contribution in [3.63, 3.8) is 0 Å². The predicted octanol–water partition coefficient (Wildman–Crippen LogP) is 2.30. The van der Waals surface area contributed by atoms with Gasteiger partial charge >= 0.3 is 0 Å². The minimum Gasteiger partial charge on any atom is -0.378 e. The van der Waals surface area contributed by atoms with Crippen molar-refractivity contribution in [2.45, 2.75) is 12.5 Å². The van der Waals surface area contributed by atoms with Crippen LogP contribution in [0.3, 0.4) is 0 Å². The van der Waals surface area contributed by atoms with Crippen LogP contribution in [0.1, 0.15) is 27.1 Å². The van der Waals surface area contributed by atoms with Crippen LogP contribution in [0.25, 0.3) is 0 Å². The Kier molecular flexibility index (Phi) is 7.32. The molecule has 0 unspecified atom stereocenters. The molecule has 3 rings (SSSR count). The fraction of sp³-hybridized carbons (Fsp3) is 0.348. The fourth-order valence-electron chi connectivity index (χ4n) is 3.38. The highest BCUT2D eigenvalue weighted by atomic mass is 16.5. The Labute approximate surface area is 176 Å². The van der Waals surface area contributed by atoms with Crippen LogP contribution in [0.2, 0.25) is 0 Å². The zero-order valence-corrected chi connectivity index (χ0v) is 17.3. The van der Waals surface area contributed by atoms with E-state index in [0.29, 0.717) is 43.0 Å². The SMILES string of the molecule is CN(C)C(=O)c1ccc(NC(=O)CN2CCOC[C@H]2CC(=O)c2ccccc2)cc1. The lowest BCUT2D eigenvalue weighted by molar-refractivity contribution is -0.119. The number of Topliss-reactive ketones (excluding diaryl/α,β-unsaturated/α-hetero) is 1. The van der Waals surface area contributed by atoms with Gasteiger partial charge in [0.05, 0.1) is 19.8 Å². The van der Waals surface area contributed by atoms with E-state index in [1.165, 1.54) is 4.90 Å². The second-order valence-electron chi connectivity index (χ2n) is 7.52. The standard InChI is InChI=1S/C23H27N3O4/c1-25(2)23(29)18-8-10-19(11-9-18)24-22(28)15-26-12-13-30-16-20(26)14-21(27)17-6-4-3-5-7-17/h3-11,20H,12-16H2,1-2H3,(H,24,28)/t20-/m1/s1. The summed E-state index contributed by atoms with van der Waals surface area (Å²) in [5, 5.41) is 2.86. The maximum atomic E-state index is 12.6. The number of ether oxygens (including phenoxy) is 1. The first-order valence-corrected chi connectivity index (χ1v) is 9.95. The molecule has 7 heteroatoms. The molecule has 0 spiro atoms. The van der Waals surface area contributed by atoms with E-state index in [-0.39, 0.29) is 30.2 Å². The Hall–Kier alpha value is -3.03. The average Bonchev–Trinajstić information content (AvgIpc) is 2.75. The molecule has 0 saturated carbocycles. The lowest BCUT2D eigenvalue weighted by Crippen LogP contribution is -2.49. The second kappa shape index (κ2) is 10.1. The summed E-state index contributed by atoms with van der Waals surface area (Å²) in [7, 11) is 3.39. The lowest BCUT2D eigenvalue weighted by atomic mass is 10.0. The van der Waals surface area contributed by atoms with Gasteiger partial charge < -0.3 is 15.0 Å². The van der Waals surface area contributed by atoms with Gasteiger partial charge in [0.25, 0.3) is 5.91 Å². The molecule has 0 bridgehead atoms. The summed E-state index contributed by atoms with van der Waals surface area (Å²) >= 11 is 0. The van der Waals surface area contributed by atoms with Gasteiger partial charge in [-0.2, -0.15) is 0 Å². The molecule has 1 saturated heterocycles. The van der Waals surface area contributed by atoms with Gasteiger partial charge in [0, 0.05) is 49.9 Å². The third-order valence-electron chi connectivity index (χ3n) is 5.03. The molecule has 2 aromatic carbocycles. The highest BCUT2D eigenvalue weighted by Gasteiger charge is 2.27. The average molecular weight is 409 g/mol. The first-order chi connectivity index (χ1) is 14.4. The van der Waals surface area contributed by atoms with Gasteiger partial charge in [0.2, 0.25) is 5.91 Å². The Morgan fingerprint density at radius 1 is 1.03 bits per heavy atom. The van der Waals surface area contributed by atoms with E-state index < -0.39 is 0 Å². The molecule has 7 nitrogen and oxygen atoms in total. The van der Waals surface area contributed by atoms with Crippen LogP contribution in [-0.4, -0.2) is 73.8 Å². The molecule has 1 N–H and O–H groups in total. The van der Waals surface area contributed by atoms with Crippen LogP contribution < -0.4 is 5.32 Å². The number of nitrogens with one attached hydrogen (secondary N) is 1. The molecule has 30 heavy (non-hydrogen) atoms. The third-order valence-corrected chi connectivity index (χ3v) is 5.03. The molecule has 1 aliphatic rings. The van der Waals surface area contributed by atoms with Crippen molar-refractivity contribution in [3.05, 3.63) is 65.7 Å². The molecule has 0 aromatic heterocycles. The molecule has 1 aliphatic heterocycles. The normalized spacial score (nSPS) is 16.7. The van der Waals surface area contributed by atoms with E-state index in [1.54, 1.807) is 50.5 Å². The largest absolute Gasteiger partial charge is 0.378 e. The molecule has 0 radical (unpaired) electrons. The Morgan fingerprint density at radius 2 is 1.73 bits per heavy atom. The Morgan fingerprint density at radius 3 is 2.40 bits per heavy atom. The first-order valence-electron chi connectivity index (χ1n) is 9.95.